The Morgan fingerprint density at radius 2 is 1.78 bits per heavy atom. The van der Waals surface area contributed by atoms with Crippen molar-refractivity contribution in [3.05, 3.63) is 66.0 Å². The van der Waals surface area contributed by atoms with Crippen LogP contribution in [0.5, 0.6) is 11.5 Å². The standard InChI is InChI=1S/C19H15FN4O3/c20-14-4-2-1-3-12(14)9-19(25)22-18-8-7-17(23-24-18)21-13-5-6-15-16(10-13)27-11-26-15/h1-8,10H,9,11H2,(H,21,23)(H,22,24,25). The van der Waals surface area contributed by atoms with E-state index in [2.05, 4.69) is 20.8 Å². The van der Waals surface area contributed by atoms with Gasteiger partial charge >= 0.3 is 0 Å². The third-order valence-electron chi connectivity index (χ3n) is 3.89. The Bertz CT molecular complexity index is 979. The Labute approximate surface area is 154 Å². The van der Waals surface area contributed by atoms with Crippen molar-refractivity contribution in [3.63, 3.8) is 0 Å². The Hall–Kier alpha value is -3.68. The molecule has 1 aliphatic rings. The Morgan fingerprint density at radius 1 is 1.00 bits per heavy atom. The number of rotatable bonds is 5. The van der Waals surface area contributed by atoms with Gasteiger partial charge in [0, 0.05) is 11.8 Å². The topological polar surface area (TPSA) is 85.4 Å². The SMILES string of the molecule is O=C(Cc1ccccc1F)Nc1ccc(Nc2ccc3c(c2)OCO3)nn1. The van der Waals surface area contributed by atoms with Crippen LogP contribution < -0.4 is 20.1 Å². The fraction of sp³-hybridized carbons (Fsp3) is 0.105. The zero-order valence-corrected chi connectivity index (χ0v) is 14.1. The number of carbonyl (C=O) groups excluding carboxylic acids is 1. The molecule has 0 saturated heterocycles. The highest BCUT2D eigenvalue weighted by Gasteiger charge is 2.13. The van der Waals surface area contributed by atoms with Gasteiger partial charge in [0.25, 0.3) is 0 Å². The van der Waals surface area contributed by atoms with Crippen LogP contribution in [0.2, 0.25) is 0 Å². The van der Waals surface area contributed by atoms with Crippen LogP contribution in [0, 0.1) is 5.82 Å². The number of benzene rings is 2. The molecule has 0 bridgehead atoms. The summed E-state index contributed by atoms with van der Waals surface area (Å²) < 4.78 is 24.2. The van der Waals surface area contributed by atoms with E-state index in [0.717, 1.165) is 5.69 Å². The molecule has 2 heterocycles. The van der Waals surface area contributed by atoms with Gasteiger partial charge in [-0.1, -0.05) is 18.2 Å². The molecule has 0 radical (unpaired) electrons. The molecular weight excluding hydrogens is 351 g/mol. The van der Waals surface area contributed by atoms with Gasteiger partial charge in [-0.05, 0) is 35.9 Å². The fourth-order valence-electron chi connectivity index (χ4n) is 2.59. The van der Waals surface area contributed by atoms with Gasteiger partial charge in [-0.3, -0.25) is 4.79 Å². The molecule has 136 valence electrons. The summed E-state index contributed by atoms with van der Waals surface area (Å²) in [5.41, 5.74) is 1.09. The van der Waals surface area contributed by atoms with E-state index in [9.17, 15) is 9.18 Å². The summed E-state index contributed by atoms with van der Waals surface area (Å²) in [6.45, 7) is 0.208. The number of hydrogen-bond acceptors (Lipinski definition) is 6. The van der Waals surface area contributed by atoms with Crippen molar-refractivity contribution in [1.29, 1.82) is 0 Å². The Kier molecular flexibility index (Phi) is 4.52. The van der Waals surface area contributed by atoms with Crippen molar-refractivity contribution >= 4 is 23.2 Å². The van der Waals surface area contributed by atoms with Crippen molar-refractivity contribution in [2.75, 3.05) is 17.4 Å². The van der Waals surface area contributed by atoms with E-state index in [-0.39, 0.29) is 24.9 Å². The minimum Gasteiger partial charge on any atom is -0.454 e. The van der Waals surface area contributed by atoms with Gasteiger partial charge in [-0.15, -0.1) is 10.2 Å². The molecule has 0 unspecified atom stereocenters. The van der Waals surface area contributed by atoms with E-state index in [1.165, 1.54) is 6.07 Å². The zero-order valence-electron chi connectivity index (χ0n) is 14.1. The highest BCUT2D eigenvalue weighted by atomic mass is 19.1. The second kappa shape index (κ2) is 7.28. The molecule has 1 aliphatic heterocycles. The highest BCUT2D eigenvalue weighted by Crippen LogP contribution is 2.34. The number of carbonyl (C=O) groups is 1. The van der Waals surface area contributed by atoms with Gasteiger partial charge in [0.2, 0.25) is 12.7 Å². The van der Waals surface area contributed by atoms with E-state index in [0.29, 0.717) is 22.9 Å². The molecule has 0 fully saturated rings. The normalized spacial score (nSPS) is 11.9. The van der Waals surface area contributed by atoms with Crippen LogP contribution in [0.3, 0.4) is 0 Å². The van der Waals surface area contributed by atoms with E-state index >= 15 is 0 Å². The smallest absolute Gasteiger partial charge is 0.231 e. The molecule has 8 heteroatoms. The summed E-state index contributed by atoms with van der Waals surface area (Å²) in [6.07, 6.45) is -0.0778. The van der Waals surface area contributed by atoms with Gasteiger partial charge in [0.05, 0.1) is 6.42 Å². The summed E-state index contributed by atoms with van der Waals surface area (Å²) >= 11 is 0. The third kappa shape index (κ3) is 3.95. The van der Waals surface area contributed by atoms with E-state index < -0.39 is 5.82 Å². The zero-order chi connectivity index (χ0) is 18.6. The number of hydrogen-bond donors (Lipinski definition) is 2. The molecule has 3 aromatic rings. The largest absolute Gasteiger partial charge is 0.454 e. The van der Waals surface area contributed by atoms with Crippen LogP contribution in [0.15, 0.2) is 54.6 Å². The predicted molar refractivity (Wildman–Crippen MR) is 96.6 cm³/mol. The fourth-order valence-corrected chi connectivity index (χ4v) is 2.59. The minimum atomic E-state index is -0.415. The quantitative estimate of drug-likeness (QED) is 0.721. The van der Waals surface area contributed by atoms with Crippen molar-refractivity contribution in [2.24, 2.45) is 0 Å². The number of aromatic nitrogens is 2. The monoisotopic (exact) mass is 366 g/mol. The van der Waals surface area contributed by atoms with Crippen LogP contribution in [0.1, 0.15) is 5.56 Å². The molecule has 27 heavy (non-hydrogen) atoms. The van der Waals surface area contributed by atoms with Crippen LogP contribution in [-0.4, -0.2) is 22.9 Å². The molecule has 7 nitrogen and oxygen atoms in total. The average molecular weight is 366 g/mol. The van der Waals surface area contributed by atoms with Gasteiger partial charge in [0.1, 0.15) is 5.82 Å². The Balaban J connectivity index is 1.37. The lowest BCUT2D eigenvalue weighted by atomic mass is 10.1. The molecule has 4 rings (SSSR count). The molecule has 1 aromatic heterocycles. The van der Waals surface area contributed by atoms with Gasteiger partial charge < -0.3 is 20.1 Å². The lowest BCUT2D eigenvalue weighted by Crippen LogP contribution is -2.16. The van der Waals surface area contributed by atoms with E-state index in [4.69, 9.17) is 9.47 Å². The number of ether oxygens (including phenoxy) is 2. The molecule has 0 saturated carbocycles. The number of fused-ring (bicyclic) bond motifs is 1. The first-order valence-electron chi connectivity index (χ1n) is 8.21. The molecule has 1 amide bonds. The molecule has 0 atom stereocenters. The van der Waals surface area contributed by atoms with Crippen LogP contribution in [0.25, 0.3) is 0 Å². The molecule has 2 aromatic carbocycles. The van der Waals surface area contributed by atoms with E-state index in [1.807, 2.05) is 6.07 Å². The lowest BCUT2D eigenvalue weighted by molar-refractivity contribution is -0.115. The predicted octanol–water partition coefficient (Wildman–Crippen LogP) is 3.27. The minimum absolute atomic E-state index is 0.0778. The van der Waals surface area contributed by atoms with Crippen molar-refractivity contribution in [2.45, 2.75) is 6.42 Å². The van der Waals surface area contributed by atoms with Crippen LogP contribution in [0.4, 0.5) is 21.7 Å². The van der Waals surface area contributed by atoms with Crippen molar-refractivity contribution < 1.29 is 18.7 Å². The van der Waals surface area contributed by atoms with Crippen molar-refractivity contribution in [1.82, 2.24) is 10.2 Å². The molecule has 0 spiro atoms. The van der Waals surface area contributed by atoms with Gasteiger partial charge in [-0.25, -0.2) is 4.39 Å². The molecule has 0 aliphatic carbocycles. The summed E-state index contributed by atoms with van der Waals surface area (Å²) in [5.74, 6) is 1.35. The first-order valence-corrected chi connectivity index (χ1v) is 8.21. The van der Waals surface area contributed by atoms with E-state index in [1.54, 1.807) is 42.5 Å². The van der Waals surface area contributed by atoms with Crippen LogP contribution in [-0.2, 0) is 11.2 Å². The van der Waals surface area contributed by atoms with Gasteiger partial charge in [-0.2, -0.15) is 0 Å². The number of nitrogens with one attached hydrogen (secondary N) is 2. The second-order valence-corrected chi connectivity index (χ2v) is 5.81. The summed E-state index contributed by atoms with van der Waals surface area (Å²) in [7, 11) is 0. The maximum Gasteiger partial charge on any atom is 0.231 e. The average Bonchev–Trinajstić information content (AvgIpc) is 3.13. The maximum absolute atomic E-state index is 13.6. The van der Waals surface area contributed by atoms with Gasteiger partial charge in [0.15, 0.2) is 23.1 Å². The second-order valence-electron chi connectivity index (χ2n) is 5.81. The van der Waals surface area contributed by atoms with Crippen molar-refractivity contribution in [3.8, 4) is 11.5 Å². The molecular formula is C19H15FN4O3. The lowest BCUT2D eigenvalue weighted by Gasteiger charge is -2.08. The summed E-state index contributed by atoms with van der Waals surface area (Å²) in [6, 6.07) is 14.9. The number of nitrogens with zero attached hydrogens (tertiary/aromatic N) is 2. The number of halogens is 1. The highest BCUT2D eigenvalue weighted by molar-refractivity contribution is 5.91. The summed E-state index contributed by atoms with van der Waals surface area (Å²) in [4.78, 5) is 12.0. The van der Waals surface area contributed by atoms with Crippen LogP contribution >= 0.6 is 0 Å². The summed E-state index contributed by atoms with van der Waals surface area (Å²) in [5, 5.41) is 13.7. The first kappa shape index (κ1) is 16.8. The Morgan fingerprint density at radius 3 is 2.59 bits per heavy atom. The third-order valence-corrected chi connectivity index (χ3v) is 3.89. The maximum atomic E-state index is 13.6. The number of anilines is 3. The number of amides is 1. The molecule has 2 N–H and O–H groups in total. The first-order chi connectivity index (χ1) is 13.2.